The zero-order valence-corrected chi connectivity index (χ0v) is 14.2. The Morgan fingerprint density at radius 3 is 2.71 bits per heavy atom. The van der Waals surface area contributed by atoms with E-state index in [1.807, 2.05) is 31.2 Å². The lowest BCUT2D eigenvalue weighted by atomic mass is 9.90. The molecular weight excluding hydrogens is 296 g/mol. The van der Waals surface area contributed by atoms with Gasteiger partial charge in [-0.3, -0.25) is 0 Å². The van der Waals surface area contributed by atoms with E-state index in [9.17, 15) is 0 Å². The number of nitrogens with zero attached hydrogens (tertiary/aromatic N) is 2. The van der Waals surface area contributed by atoms with Crippen LogP contribution in [0.5, 0.6) is 0 Å². The van der Waals surface area contributed by atoms with Crippen molar-refractivity contribution in [2.24, 2.45) is 5.92 Å². The first-order valence-corrected chi connectivity index (χ1v) is 8.35. The van der Waals surface area contributed by atoms with Crippen LogP contribution in [0.15, 0.2) is 53.1 Å². The van der Waals surface area contributed by atoms with Crippen LogP contribution in [0.4, 0.5) is 0 Å². The Kier molecular flexibility index (Phi) is 3.57. The van der Waals surface area contributed by atoms with Gasteiger partial charge in [-0.2, -0.15) is 4.98 Å². The van der Waals surface area contributed by atoms with Crippen LogP contribution < -0.4 is 0 Å². The molecule has 1 aromatic heterocycles. The monoisotopic (exact) mass is 316 g/mol. The Labute approximate surface area is 142 Å². The zero-order valence-electron chi connectivity index (χ0n) is 14.2. The Bertz CT molecular complexity index is 921. The van der Waals surface area contributed by atoms with Crippen LogP contribution in [0.2, 0.25) is 0 Å². The van der Waals surface area contributed by atoms with E-state index in [2.05, 4.69) is 54.3 Å². The van der Waals surface area contributed by atoms with Crippen LogP contribution in [0.3, 0.4) is 0 Å². The van der Waals surface area contributed by atoms with Crippen molar-refractivity contribution in [3.8, 4) is 22.8 Å². The van der Waals surface area contributed by atoms with Crippen molar-refractivity contribution >= 4 is 6.08 Å². The van der Waals surface area contributed by atoms with E-state index in [4.69, 9.17) is 4.52 Å². The first-order valence-electron chi connectivity index (χ1n) is 8.35. The highest BCUT2D eigenvalue weighted by atomic mass is 16.5. The predicted octanol–water partition coefficient (Wildman–Crippen LogP) is 5.48. The minimum Gasteiger partial charge on any atom is -0.334 e. The molecule has 0 bridgehead atoms. The summed E-state index contributed by atoms with van der Waals surface area (Å²) in [6.45, 7) is 6.56. The molecule has 0 saturated heterocycles. The van der Waals surface area contributed by atoms with E-state index in [-0.39, 0.29) is 0 Å². The van der Waals surface area contributed by atoms with E-state index >= 15 is 0 Å². The summed E-state index contributed by atoms with van der Waals surface area (Å²) in [5.74, 6) is 2.31. The first kappa shape index (κ1) is 14.9. The number of aromatic nitrogens is 2. The largest absolute Gasteiger partial charge is 0.334 e. The van der Waals surface area contributed by atoms with Crippen LogP contribution in [-0.4, -0.2) is 10.1 Å². The van der Waals surface area contributed by atoms with Gasteiger partial charge in [-0.1, -0.05) is 61.5 Å². The van der Waals surface area contributed by atoms with Gasteiger partial charge >= 0.3 is 0 Å². The third kappa shape index (κ3) is 2.46. The van der Waals surface area contributed by atoms with Gasteiger partial charge in [0.2, 0.25) is 5.82 Å². The molecule has 3 nitrogen and oxygen atoms in total. The fourth-order valence-corrected chi connectivity index (χ4v) is 3.32. The fourth-order valence-electron chi connectivity index (χ4n) is 3.32. The van der Waals surface area contributed by atoms with E-state index in [1.165, 1.54) is 11.1 Å². The molecule has 1 aliphatic rings. The number of allylic oxidation sites excluding steroid dienone is 1. The average molecular weight is 316 g/mol. The van der Waals surface area contributed by atoms with Crippen molar-refractivity contribution in [3.63, 3.8) is 0 Å². The van der Waals surface area contributed by atoms with Gasteiger partial charge in [0.05, 0.1) is 0 Å². The highest BCUT2D eigenvalue weighted by Gasteiger charge is 2.21. The normalized spacial score (nSPS) is 15.9. The number of fused-ring (bicyclic) bond motifs is 1. The summed E-state index contributed by atoms with van der Waals surface area (Å²) in [5, 5.41) is 4.17. The Morgan fingerprint density at radius 2 is 1.92 bits per heavy atom. The van der Waals surface area contributed by atoms with Crippen molar-refractivity contribution in [1.82, 2.24) is 10.1 Å². The molecule has 4 rings (SSSR count). The molecule has 24 heavy (non-hydrogen) atoms. The maximum Gasteiger partial charge on any atom is 0.258 e. The summed E-state index contributed by atoms with van der Waals surface area (Å²) in [6.07, 6.45) is 4.49. The van der Waals surface area contributed by atoms with E-state index in [1.54, 1.807) is 0 Å². The number of hydrogen-bond donors (Lipinski definition) is 0. The highest BCUT2D eigenvalue weighted by molar-refractivity contribution is 5.70. The third-order valence-corrected chi connectivity index (χ3v) is 4.71. The molecule has 0 amide bonds. The summed E-state index contributed by atoms with van der Waals surface area (Å²) in [6, 6.07) is 14.5. The Balaban J connectivity index is 1.69. The maximum atomic E-state index is 5.49. The van der Waals surface area contributed by atoms with E-state index in [0.717, 1.165) is 16.7 Å². The third-order valence-electron chi connectivity index (χ3n) is 4.71. The first-order chi connectivity index (χ1) is 11.6. The number of rotatable bonds is 3. The number of benzene rings is 2. The standard InChI is InChI=1S/C21H20N2O/c1-13(2)17-10-8-15-12-16(9-11-19(15)17)20-22-21(24-23-20)18-7-5-4-6-14(18)3/h4-13,17H,1-3H3. The second-order valence-electron chi connectivity index (χ2n) is 6.71. The van der Waals surface area contributed by atoms with Gasteiger partial charge in [-0.05, 0) is 41.7 Å². The topological polar surface area (TPSA) is 38.9 Å². The summed E-state index contributed by atoms with van der Waals surface area (Å²) in [5.41, 5.74) is 5.75. The second kappa shape index (κ2) is 5.75. The van der Waals surface area contributed by atoms with Gasteiger partial charge in [0.25, 0.3) is 5.89 Å². The molecule has 0 N–H and O–H groups in total. The highest BCUT2D eigenvalue weighted by Crippen LogP contribution is 2.37. The van der Waals surface area contributed by atoms with Gasteiger partial charge in [0, 0.05) is 17.0 Å². The quantitative estimate of drug-likeness (QED) is 0.642. The van der Waals surface area contributed by atoms with Gasteiger partial charge in [0.1, 0.15) is 0 Å². The molecule has 2 aromatic carbocycles. The Hall–Kier alpha value is -2.68. The van der Waals surface area contributed by atoms with Crippen molar-refractivity contribution in [2.75, 3.05) is 0 Å². The summed E-state index contributed by atoms with van der Waals surface area (Å²) >= 11 is 0. The van der Waals surface area contributed by atoms with Crippen LogP contribution in [0.1, 0.15) is 36.5 Å². The molecule has 3 heteroatoms. The zero-order chi connectivity index (χ0) is 16.7. The molecule has 0 saturated carbocycles. The molecule has 3 aromatic rings. The summed E-state index contributed by atoms with van der Waals surface area (Å²) < 4.78 is 5.49. The molecule has 1 aliphatic carbocycles. The van der Waals surface area contributed by atoms with E-state index in [0.29, 0.717) is 23.6 Å². The van der Waals surface area contributed by atoms with E-state index < -0.39 is 0 Å². The molecule has 0 spiro atoms. The molecule has 0 fully saturated rings. The van der Waals surface area contributed by atoms with Crippen molar-refractivity contribution < 1.29 is 4.52 Å². The molecule has 120 valence electrons. The van der Waals surface area contributed by atoms with Crippen LogP contribution in [-0.2, 0) is 0 Å². The molecule has 0 radical (unpaired) electrons. The SMILES string of the molecule is Cc1ccccc1-c1nc(-c2ccc3c(c2)C=CC3C(C)C)no1. The molecular formula is C21H20N2O. The lowest BCUT2D eigenvalue weighted by molar-refractivity contribution is 0.432. The minimum absolute atomic E-state index is 0.502. The summed E-state index contributed by atoms with van der Waals surface area (Å²) in [7, 11) is 0. The summed E-state index contributed by atoms with van der Waals surface area (Å²) in [4.78, 5) is 4.59. The molecule has 0 aliphatic heterocycles. The number of aryl methyl sites for hydroxylation is 1. The Morgan fingerprint density at radius 1 is 1.08 bits per heavy atom. The smallest absolute Gasteiger partial charge is 0.258 e. The lowest BCUT2D eigenvalue weighted by Crippen LogP contribution is -2.01. The van der Waals surface area contributed by atoms with Gasteiger partial charge < -0.3 is 4.52 Å². The van der Waals surface area contributed by atoms with Crippen LogP contribution in [0, 0.1) is 12.8 Å². The lowest BCUT2D eigenvalue weighted by Gasteiger charge is -2.14. The maximum absolute atomic E-state index is 5.49. The predicted molar refractivity (Wildman–Crippen MR) is 96.5 cm³/mol. The van der Waals surface area contributed by atoms with Crippen molar-refractivity contribution in [2.45, 2.75) is 26.7 Å². The van der Waals surface area contributed by atoms with Gasteiger partial charge in [0.15, 0.2) is 0 Å². The fraction of sp³-hybridized carbons (Fsp3) is 0.238. The van der Waals surface area contributed by atoms with Gasteiger partial charge in [-0.25, -0.2) is 0 Å². The number of hydrogen-bond acceptors (Lipinski definition) is 3. The molecule has 1 unspecified atom stereocenters. The molecule has 1 heterocycles. The van der Waals surface area contributed by atoms with Crippen molar-refractivity contribution in [1.29, 1.82) is 0 Å². The second-order valence-corrected chi connectivity index (χ2v) is 6.71. The van der Waals surface area contributed by atoms with Gasteiger partial charge in [-0.15, -0.1) is 0 Å². The minimum atomic E-state index is 0.502. The van der Waals surface area contributed by atoms with Crippen molar-refractivity contribution in [3.05, 3.63) is 65.2 Å². The van der Waals surface area contributed by atoms with Crippen LogP contribution >= 0.6 is 0 Å². The average Bonchev–Trinajstić information content (AvgIpc) is 3.21. The van der Waals surface area contributed by atoms with Crippen LogP contribution in [0.25, 0.3) is 28.9 Å². The molecule has 1 atom stereocenters.